The molecule has 0 saturated heterocycles. The minimum atomic E-state index is -0.133. The van der Waals surface area contributed by atoms with Gasteiger partial charge in [-0.25, -0.2) is 0 Å². The van der Waals surface area contributed by atoms with E-state index in [1.807, 2.05) is 64.8 Å². The van der Waals surface area contributed by atoms with Crippen LogP contribution in [0.2, 0.25) is 0 Å². The molecule has 1 unspecified atom stereocenters. The van der Waals surface area contributed by atoms with E-state index in [2.05, 4.69) is 0 Å². The fraction of sp³-hybridized carbons (Fsp3) is 0.588. The minimum absolute atomic E-state index is 0.133. The number of hydrogen-bond donors (Lipinski definition) is 0. The Morgan fingerprint density at radius 2 is 1.90 bits per heavy atom. The van der Waals surface area contributed by atoms with E-state index in [4.69, 9.17) is 4.74 Å². The van der Waals surface area contributed by atoms with Crippen LogP contribution in [0.3, 0.4) is 0 Å². The van der Waals surface area contributed by atoms with Crippen LogP contribution in [0.25, 0.3) is 0 Å². The van der Waals surface area contributed by atoms with Gasteiger partial charge < -0.3 is 4.74 Å². The van der Waals surface area contributed by atoms with Gasteiger partial charge in [-0.3, -0.25) is 9.69 Å². The molecule has 0 aliphatic rings. The second-order valence-corrected chi connectivity index (χ2v) is 5.76. The van der Waals surface area contributed by atoms with Crippen molar-refractivity contribution in [3.05, 3.63) is 34.9 Å². The molecule has 20 heavy (non-hydrogen) atoms. The quantitative estimate of drug-likeness (QED) is 0.717. The summed E-state index contributed by atoms with van der Waals surface area (Å²) in [4.78, 5) is 14.6. The molecule has 0 aromatic heterocycles. The Kier molecular flexibility index (Phi) is 6.37. The lowest BCUT2D eigenvalue weighted by molar-refractivity contribution is 0.0541. The van der Waals surface area contributed by atoms with Gasteiger partial charge in [-0.1, -0.05) is 17.7 Å². The Morgan fingerprint density at radius 1 is 1.25 bits per heavy atom. The normalized spacial score (nSPS) is 13.0. The maximum atomic E-state index is 12.6. The molecule has 0 heterocycles. The largest absolute Gasteiger partial charge is 0.377 e. The lowest BCUT2D eigenvalue weighted by atomic mass is 9.98. The fourth-order valence-corrected chi connectivity index (χ4v) is 2.05. The van der Waals surface area contributed by atoms with E-state index in [1.54, 1.807) is 0 Å². The Morgan fingerprint density at radius 3 is 2.50 bits per heavy atom. The van der Waals surface area contributed by atoms with Crippen molar-refractivity contribution in [2.24, 2.45) is 0 Å². The maximum Gasteiger partial charge on any atom is 0.179 e. The Hall–Kier alpha value is -1.19. The third kappa shape index (κ3) is 4.73. The highest BCUT2D eigenvalue weighted by atomic mass is 16.5. The van der Waals surface area contributed by atoms with Crippen molar-refractivity contribution in [1.82, 2.24) is 4.90 Å². The lowest BCUT2D eigenvalue weighted by Crippen LogP contribution is -2.38. The molecule has 1 rings (SSSR count). The number of ketones is 1. The van der Waals surface area contributed by atoms with Gasteiger partial charge in [0.15, 0.2) is 5.78 Å². The number of ether oxygens (including phenoxy) is 1. The van der Waals surface area contributed by atoms with Crippen molar-refractivity contribution < 1.29 is 9.53 Å². The van der Waals surface area contributed by atoms with Crippen LogP contribution >= 0.6 is 0 Å². The summed E-state index contributed by atoms with van der Waals surface area (Å²) in [6, 6.07) is 5.90. The summed E-state index contributed by atoms with van der Waals surface area (Å²) < 4.78 is 5.54. The van der Waals surface area contributed by atoms with Crippen molar-refractivity contribution in [3.8, 4) is 0 Å². The lowest BCUT2D eigenvalue weighted by Gasteiger charge is -2.24. The Bertz CT molecular complexity index is 454. The van der Waals surface area contributed by atoms with E-state index in [-0.39, 0.29) is 17.9 Å². The number of benzene rings is 1. The molecule has 0 aliphatic heterocycles. The molecule has 1 aromatic carbocycles. The standard InChI is InChI=1S/C17H27NO2/c1-12(2)20-10-9-18(6)15(5)17(19)16-11-13(3)7-8-14(16)4/h7-8,11-12,15H,9-10H2,1-6H3. The predicted molar refractivity (Wildman–Crippen MR) is 83.4 cm³/mol. The molecule has 0 fully saturated rings. The number of rotatable bonds is 7. The number of carbonyl (C=O) groups excluding carboxylic acids is 1. The number of Topliss-reactive ketones (excluding diaryl/α,β-unsaturated/α-hetero) is 1. The molecule has 3 heteroatoms. The summed E-state index contributed by atoms with van der Waals surface area (Å²) in [6.45, 7) is 11.4. The van der Waals surface area contributed by atoms with Gasteiger partial charge >= 0.3 is 0 Å². The molecule has 0 N–H and O–H groups in total. The SMILES string of the molecule is Cc1ccc(C)c(C(=O)C(C)N(C)CCOC(C)C)c1. The highest BCUT2D eigenvalue weighted by Gasteiger charge is 2.21. The molecule has 112 valence electrons. The molecule has 1 atom stereocenters. The molecule has 0 radical (unpaired) electrons. The van der Waals surface area contributed by atoms with Gasteiger partial charge in [0.05, 0.1) is 18.8 Å². The second-order valence-electron chi connectivity index (χ2n) is 5.76. The van der Waals surface area contributed by atoms with Gasteiger partial charge in [-0.2, -0.15) is 0 Å². The summed E-state index contributed by atoms with van der Waals surface area (Å²) in [5, 5.41) is 0. The van der Waals surface area contributed by atoms with Crippen LogP contribution in [0.15, 0.2) is 18.2 Å². The Labute approximate surface area is 122 Å². The monoisotopic (exact) mass is 277 g/mol. The van der Waals surface area contributed by atoms with Gasteiger partial charge in [-0.05, 0) is 53.3 Å². The van der Waals surface area contributed by atoms with Crippen LogP contribution in [0.5, 0.6) is 0 Å². The molecular formula is C17H27NO2. The average molecular weight is 277 g/mol. The van der Waals surface area contributed by atoms with Crippen LogP contribution in [0.4, 0.5) is 0 Å². The number of nitrogens with zero attached hydrogens (tertiary/aromatic N) is 1. The predicted octanol–water partition coefficient (Wildman–Crippen LogP) is 3.23. The van der Waals surface area contributed by atoms with Crippen molar-refractivity contribution in [2.75, 3.05) is 20.2 Å². The third-order valence-electron chi connectivity index (χ3n) is 3.59. The number of likely N-dealkylation sites (N-methyl/N-ethyl adjacent to an activating group) is 1. The van der Waals surface area contributed by atoms with Gasteiger partial charge in [0, 0.05) is 12.1 Å². The summed E-state index contributed by atoms with van der Waals surface area (Å²) in [7, 11) is 1.97. The first kappa shape index (κ1) is 16.9. The molecule has 0 saturated carbocycles. The molecular weight excluding hydrogens is 250 g/mol. The summed E-state index contributed by atoms with van der Waals surface area (Å²) in [5.41, 5.74) is 2.99. The first-order valence-electron chi connectivity index (χ1n) is 7.26. The smallest absolute Gasteiger partial charge is 0.179 e. The van der Waals surface area contributed by atoms with Gasteiger partial charge in [0.1, 0.15) is 0 Å². The average Bonchev–Trinajstić information content (AvgIpc) is 2.39. The summed E-state index contributed by atoms with van der Waals surface area (Å²) in [5.74, 6) is 0.179. The number of hydrogen-bond acceptors (Lipinski definition) is 3. The number of aryl methyl sites for hydroxylation is 2. The summed E-state index contributed by atoms with van der Waals surface area (Å²) >= 11 is 0. The van der Waals surface area contributed by atoms with Crippen LogP contribution in [0.1, 0.15) is 42.3 Å². The van der Waals surface area contributed by atoms with E-state index in [1.165, 1.54) is 0 Å². The molecule has 1 aromatic rings. The minimum Gasteiger partial charge on any atom is -0.377 e. The van der Waals surface area contributed by atoms with Gasteiger partial charge in [-0.15, -0.1) is 0 Å². The highest BCUT2D eigenvalue weighted by Crippen LogP contribution is 2.15. The molecule has 0 aliphatic carbocycles. The fourth-order valence-electron chi connectivity index (χ4n) is 2.05. The maximum absolute atomic E-state index is 12.6. The molecule has 0 amide bonds. The van der Waals surface area contributed by atoms with E-state index in [0.29, 0.717) is 6.61 Å². The first-order valence-corrected chi connectivity index (χ1v) is 7.26. The van der Waals surface area contributed by atoms with Crippen LogP contribution in [-0.2, 0) is 4.74 Å². The van der Waals surface area contributed by atoms with Crippen molar-refractivity contribution in [2.45, 2.75) is 46.8 Å². The molecule has 3 nitrogen and oxygen atoms in total. The number of carbonyl (C=O) groups is 1. The van der Waals surface area contributed by atoms with Crippen LogP contribution in [-0.4, -0.2) is 43.0 Å². The Balaban J connectivity index is 2.68. The van der Waals surface area contributed by atoms with Crippen LogP contribution < -0.4 is 0 Å². The van der Waals surface area contributed by atoms with Crippen molar-refractivity contribution in [3.63, 3.8) is 0 Å². The molecule has 0 bridgehead atoms. The highest BCUT2D eigenvalue weighted by molar-refractivity contribution is 6.01. The van der Waals surface area contributed by atoms with Crippen molar-refractivity contribution >= 4 is 5.78 Å². The topological polar surface area (TPSA) is 29.5 Å². The summed E-state index contributed by atoms with van der Waals surface area (Å²) in [6.07, 6.45) is 0.230. The first-order chi connectivity index (χ1) is 9.32. The zero-order chi connectivity index (χ0) is 15.3. The van der Waals surface area contributed by atoms with E-state index in [9.17, 15) is 4.79 Å². The zero-order valence-electron chi connectivity index (χ0n) is 13.6. The van der Waals surface area contributed by atoms with Crippen molar-refractivity contribution in [1.29, 1.82) is 0 Å². The van der Waals surface area contributed by atoms with Crippen LogP contribution in [0, 0.1) is 13.8 Å². The molecule has 0 spiro atoms. The van der Waals surface area contributed by atoms with Gasteiger partial charge in [0.2, 0.25) is 0 Å². The van der Waals surface area contributed by atoms with Gasteiger partial charge in [0.25, 0.3) is 0 Å². The zero-order valence-corrected chi connectivity index (χ0v) is 13.6. The van der Waals surface area contributed by atoms with E-state index >= 15 is 0 Å². The second kappa shape index (κ2) is 7.55. The van der Waals surface area contributed by atoms with E-state index < -0.39 is 0 Å². The van der Waals surface area contributed by atoms with E-state index in [0.717, 1.165) is 23.2 Å². The third-order valence-corrected chi connectivity index (χ3v) is 3.59.